The summed E-state index contributed by atoms with van der Waals surface area (Å²) < 4.78 is 8.52. The summed E-state index contributed by atoms with van der Waals surface area (Å²) in [5.41, 5.74) is 0.200. The topological polar surface area (TPSA) is 121 Å². The Morgan fingerprint density at radius 1 is 1.07 bits per heavy atom. The molecule has 3 unspecified atom stereocenters. The van der Waals surface area contributed by atoms with Crippen LogP contribution in [0.1, 0.15) is 25.8 Å². The van der Waals surface area contributed by atoms with Crippen LogP contribution in [-0.4, -0.2) is 96.0 Å². The van der Waals surface area contributed by atoms with Crippen LogP contribution in [-0.2, 0) is 32.3 Å². The maximum absolute atomic E-state index is 14.7. The summed E-state index contributed by atoms with van der Waals surface area (Å²) in [5, 5.41) is 18.5. The highest BCUT2D eigenvalue weighted by molar-refractivity contribution is 5.99. The quantitative estimate of drug-likeness (QED) is 0.312. The van der Waals surface area contributed by atoms with E-state index in [9.17, 15) is 19.5 Å². The Kier molecular flexibility index (Phi) is 8.09. The van der Waals surface area contributed by atoms with Gasteiger partial charge in [-0.25, -0.2) is 4.68 Å². The minimum atomic E-state index is -1.24. The molecular formula is C34H40N6O5. The van der Waals surface area contributed by atoms with Crippen molar-refractivity contribution in [2.75, 3.05) is 26.2 Å². The van der Waals surface area contributed by atoms with E-state index in [4.69, 9.17) is 4.74 Å². The van der Waals surface area contributed by atoms with E-state index in [0.29, 0.717) is 25.0 Å². The van der Waals surface area contributed by atoms with Crippen molar-refractivity contribution in [3.63, 3.8) is 0 Å². The molecule has 1 spiro atoms. The van der Waals surface area contributed by atoms with Gasteiger partial charge in [-0.05, 0) is 37.0 Å². The van der Waals surface area contributed by atoms with E-state index in [1.165, 1.54) is 4.90 Å². The standard InChI is InChI=1S/C34H40N6O5/c1-5-16-37(21-24-12-8-7-9-13-24)30(42)27-28-31(43)39(18-19-41)29(34(28)20-23(3)33(27,4)45-34)32(44)38(17-6-2)22-40-26-15-11-10-14-25(26)35-36-40/h5-15,23,27-29,41H,1-2,16-22H2,3-4H3/t23?,27-,28-,29?,33+,34?/m0/s1. The molecule has 3 aromatic rings. The Bertz CT molecular complexity index is 1630. The molecule has 2 aromatic carbocycles. The number of aliphatic hydroxyl groups is 1. The second-order valence-corrected chi connectivity index (χ2v) is 12.5. The van der Waals surface area contributed by atoms with Crippen molar-refractivity contribution in [3.8, 4) is 0 Å². The van der Waals surface area contributed by atoms with Crippen molar-refractivity contribution in [1.29, 1.82) is 0 Å². The molecule has 3 aliphatic rings. The predicted molar refractivity (Wildman–Crippen MR) is 167 cm³/mol. The first-order valence-corrected chi connectivity index (χ1v) is 15.4. The van der Waals surface area contributed by atoms with Crippen molar-refractivity contribution in [1.82, 2.24) is 29.7 Å². The van der Waals surface area contributed by atoms with Gasteiger partial charge >= 0.3 is 0 Å². The van der Waals surface area contributed by atoms with E-state index in [-0.39, 0.29) is 50.0 Å². The average molecular weight is 613 g/mol. The zero-order valence-electron chi connectivity index (χ0n) is 25.8. The third-order valence-electron chi connectivity index (χ3n) is 9.92. The average Bonchev–Trinajstić information content (AvgIpc) is 3.70. The fourth-order valence-corrected chi connectivity index (χ4v) is 7.86. The van der Waals surface area contributed by atoms with Gasteiger partial charge in [0.05, 0.1) is 29.6 Å². The molecule has 0 aliphatic carbocycles. The molecule has 0 radical (unpaired) electrons. The van der Waals surface area contributed by atoms with Crippen LogP contribution in [0.5, 0.6) is 0 Å². The number of para-hydroxylation sites is 1. The number of aromatic nitrogens is 3. The van der Waals surface area contributed by atoms with Crippen LogP contribution in [0.3, 0.4) is 0 Å². The van der Waals surface area contributed by atoms with E-state index < -0.39 is 29.1 Å². The molecule has 3 aliphatic heterocycles. The number of rotatable bonds is 12. The van der Waals surface area contributed by atoms with Gasteiger partial charge in [-0.2, -0.15) is 0 Å². The molecule has 2 bridgehead atoms. The third-order valence-corrected chi connectivity index (χ3v) is 9.92. The molecule has 3 fully saturated rings. The van der Waals surface area contributed by atoms with Crippen LogP contribution in [0.4, 0.5) is 0 Å². The van der Waals surface area contributed by atoms with Gasteiger partial charge in [-0.3, -0.25) is 14.4 Å². The molecule has 3 saturated heterocycles. The summed E-state index contributed by atoms with van der Waals surface area (Å²) in [6, 6.07) is 16.1. The smallest absolute Gasteiger partial charge is 0.250 e. The zero-order valence-corrected chi connectivity index (χ0v) is 25.8. The highest BCUT2D eigenvalue weighted by Gasteiger charge is 2.80. The Morgan fingerprint density at radius 3 is 2.47 bits per heavy atom. The number of nitrogens with zero attached hydrogens (tertiary/aromatic N) is 6. The maximum atomic E-state index is 14.7. The first-order valence-electron chi connectivity index (χ1n) is 15.4. The number of hydrogen-bond acceptors (Lipinski definition) is 7. The first kappa shape index (κ1) is 30.7. The van der Waals surface area contributed by atoms with Gasteiger partial charge in [0.25, 0.3) is 0 Å². The van der Waals surface area contributed by atoms with Crippen LogP contribution < -0.4 is 0 Å². The number of β-amino-alcohol motifs (C(OH)–C–C–N with tert-alkyl or cyclic N) is 1. The molecule has 6 rings (SSSR count). The van der Waals surface area contributed by atoms with E-state index in [1.807, 2.05) is 68.4 Å². The Morgan fingerprint density at radius 2 is 1.76 bits per heavy atom. The van der Waals surface area contributed by atoms with Crippen molar-refractivity contribution in [2.45, 2.75) is 50.7 Å². The Balaban J connectivity index is 1.38. The van der Waals surface area contributed by atoms with E-state index in [0.717, 1.165) is 11.1 Å². The van der Waals surface area contributed by atoms with Crippen molar-refractivity contribution in [2.24, 2.45) is 17.8 Å². The van der Waals surface area contributed by atoms with Crippen molar-refractivity contribution >= 4 is 28.8 Å². The van der Waals surface area contributed by atoms with Gasteiger partial charge in [0.1, 0.15) is 23.8 Å². The fraction of sp³-hybridized carbons (Fsp3) is 0.441. The summed E-state index contributed by atoms with van der Waals surface area (Å²) in [6.45, 7) is 12.2. The van der Waals surface area contributed by atoms with Crippen molar-refractivity contribution in [3.05, 3.63) is 85.5 Å². The zero-order chi connectivity index (χ0) is 31.9. The summed E-state index contributed by atoms with van der Waals surface area (Å²) in [5.74, 6) is -2.72. The predicted octanol–water partition coefficient (Wildman–Crippen LogP) is 2.62. The Hall–Kier alpha value is -4.35. The number of hydrogen-bond donors (Lipinski definition) is 1. The minimum Gasteiger partial charge on any atom is -0.395 e. The molecule has 1 aromatic heterocycles. The largest absolute Gasteiger partial charge is 0.395 e. The third kappa shape index (κ3) is 4.85. The minimum absolute atomic E-state index is 0.0581. The number of benzene rings is 2. The molecular weight excluding hydrogens is 572 g/mol. The SMILES string of the molecule is C=CCN(Cn1nnc2ccccc21)C(=O)C1N(CCO)C(=O)[C@@H]2[C@@H](C(=O)N(CC=C)Cc3ccccc3)[C@]3(C)OC12CC3C. The number of likely N-dealkylation sites (tertiary alicyclic amines) is 1. The van der Waals surface area contributed by atoms with Crippen LogP contribution >= 0.6 is 0 Å². The van der Waals surface area contributed by atoms with Crippen LogP contribution in [0.25, 0.3) is 11.0 Å². The number of amides is 3. The van der Waals surface area contributed by atoms with Gasteiger partial charge in [0.15, 0.2) is 0 Å². The highest BCUT2D eigenvalue weighted by atomic mass is 16.5. The summed E-state index contributed by atoms with van der Waals surface area (Å²) in [6.07, 6.45) is 3.73. The number of carbonyl (C=O) groups is 3. The lowest BCUT2D eigenvalue weighted by molar-refractivity contribution is -0.156. The maximum Gasteiger partial charge on any atom is 0.250 e. The fourth-order valence-electron chi connectivity index (χ4n) is 7.86. The normalized spacial score (nSPS) is 28.3. The van der Waals surface area contributed by atoms with Crippen LogP contribution in [0.15, 0.2) is 79.9 Å². The highest BCUT2D eigenvalue weighted by Crippen LogP contribution is 2.65. The second kappa shape index (κ2) is 11.9. The lowest BCUT2D eigenvalue weighted by Crippen LogP contribution is -2.57. The first-order chi connectivity index (χ1) is 21.7. The monoisotopic (exact) mass is 612 g/mol. The summed E-state index contributed by atoms with van der Waals surface area (Å²) >= 11 is 0. The van der Waals surface area contributed by atoms with Gasteiger partial charge in [0, 0.05) is 26.2 Å². The lowest BCUT2D eigenvalue weighted by Gasteiger charge is -2.39. The number of ether oxygens (including phenoxy) is 1. The summed E-state index contributed by atoms with van der Waals surface area (Å²) in [7, 11) is 0. The van der Waals surface area contributed by atoms with Gasteiger partial charge in [-0.15, -0.1) is 18.3 Å². The molecule has 4 heterocycles. The number of fused-ring (bicyclic) bond motifs is 2. The Labute approximate surface area is 262 Å². The van der Waals surface area contributed by atoms with Crippen LogP contribution in [0.2, 0.25) is 0 Å². The van der Waals surface area contributed by atoms with Gasteiger partial charge in [0.2, 0.25) is 17.7 Å². The second-order valence-electron chi connectivity index (χ2n) is 12.5. The van der Waals surface area contributed by atoms with E-state index in [2.05, 4.69) is 23.5 Å². The molecule has 0 saturated carbocycles. The van der Waals surface area contributed by atoms with Crippen molar-refractivity contribution < 1.29 is 24.2 Å². The number of aliphatic hydroxyl groups excluding tert-OH is 1. The van der Waals surface area contributed by atoms with Gasteiger partial charge < -0.3 is 24.5 Å². The lowest BCUT2D eigenvalue weighted by atomic mass is 9.62. The summed E-state index contributed by atoms with van der Waals surface area (Å²) in [4.78, 5) is 48.3. The molecule has 11 heteroatoms. The van der Waals surface area contributed by atoms with Crippen LogP contribution in [0, 0.1) is 17.8 Å². The molecule has 6 atom stereocenters. The molecule has 236 valence electrons. The van der Waals surface area contributed by atoms with E-state index in [1.54, 1.807) is 26.6 Å². The molecule has 45 heavy (non-hydrogen) atoms. The molecule has 3 amide bonds. The molecule has 11 nitrogen and oxygen atoms in total. The van der Waals surface area contributed by atoms with Gasteiger partial charge in [-0.1, -0.05) is 66.8 Å². The number of carbonyl (C=O) groups excluding carboxylic acids is 3. The molecule has 1 N–H and O–H groups in total. The van der Waals surface area contributed by atoms with E-state index >= 15 is 0 Å².